The lowest BCUT2D eigenvalue weighted by Crippen LogP contribution is -2.52. The van der Waals surface area contributed by atoms with Crippen LogP contribution < -0.4 is 15.4 Å². The number of hydrogen-bond acceptors (Lipinski definition) is 7. The first kappa shape index (κ1) is 25.6. The zero-order valence-electron chi connectivity index (χ0n) is 21.3. The van der Waals surface area contributed by atoms with Crippen LogP contribution in [0.5, 0.6) is 5.75 Å². The number of halogens is 2. The fourth-order valence-corrected chi connectivity index (χ4v) is 5.57. The molecule has 6 rings (SSSR count). The van der Waals surface area contributed by atoms with Crippen LogP contribution in [0.2, 0.25) is 0 Å². The highest BCUT2D eigenvalue weighted by Crippen LogP contribution is 2.61. The maximum atomic E-state index is 14.4. The van der Waals surface area contributed by atoms with Crippen molar-refractivity contribution >= 4 is 30.5 Å². The summed E-state index contributed by atoms with van der Waals surface area (Å²) in [6.45, 7) is 3.97. The van der Waals surface area contributed by atoms with E-state index in [0.717, 1.165) is 41.9 Å². The topological polar surface area (TPSA) is 107 Å². The number of pyridine rings is 1. The van der Waals surface area contributed by atoms with Gasteiger partial charge >= 0.3 is 6.09 Å². The van der Waals surface area contributed by atoms with Gasteiger partial charge in [-0.2, -0.15) is 5.10 Å². The van der Waals surface area contributed by atoms with Gasteiger partial charge in [0.25, 0.3) is 0 Å². The molecule has 1 aliphatic heterocycles. The number of aromatic nitrogens is 3. The van der Waals surface area contributed by atoms with Crippen LogP contribution in [0.1, 0.15) is 48.6 Å². The molecule has 2 aliphatic carbocycles. The van der Waals surface area contributed by atoms with Gasteiger partial charge in [0.15, 0.2) is 11.6 Å². The number of nitrogens with zero attached hydrogens (tertiary/aromatic N) is 3. The number of benzene rings is 1. The standard InChI is InChI=1S/C27H27F2N5O4S/c1-13-22(14(2)34(39)33-13)20-6-3-15(11-30-20)31-25(35)24(32-26(36)38-16-4-5-16)23-17-9-18(28)19(29)10-21(17)37-12-27(23)7-8-27/h3,6,9-11,16,23-24,39H,4-5,7-8,12H2,1-2H3,(H,31,35)(H,32,36)/t23?,24-/m0/s1. The number of carbonyl (C=O) groups is 2. The molecule has 2 aromatic heterocycles. The molecule has 0 bridgehead atoms. The summed E-state index contributed by atoms with van der Waals surface area (Å²) in [6, 6.07) is 4.39. The van der Waals surface area contributed by atoms with Crippen molar-refractivity contribution in [3.05, 3.63) is 59.0 Å². The van der Waals surface area contributed by atoms with Gasteiger partial charge in [-0.05, 0) is 70.5 Å². The molecule has 204 valence electrons. The van der Waals surface area contributed by atoms with Crippen LogP contribution in [-0.4, -0.2) is 44.9 Å². The molecule has 12 heteroatoms. The summed E-state index contributed by atoms with van der Waals surface area (Å²) >= 11 is 4.30. The second-order valence-corrected chi connectivity index (χ2v) is 10.9. The number of nitrogens with one attached hydrogen (secondary N) is 2. The summed E-state index contributed by atoms with van der Waals surface area (Å²) in [4.78, 5) is 31.0. The minimum atomic E-state index is -1.13. The summed E-state index contributed by atoms with van der Waals surface area (Å²) < 4.78 is 41.0. The van der Waals surface area contributed by atoms with Gasteiger partial charge in [-0.15, -0.1) is 0 Å². The van der Waals surface area contributed by atoms with Crippen LogP contribution >= 0.6 is 12.8 Å². The highest BCUT2D eigenvalue weighted by atomic mass is 32.1. The van der Waals surface area contributed by atoms with E-state index < -0.39 is 41.0 Å². The van der Waals surface area contributed by atoms with Gasteiger partial charge in [-0.1, -0.05) is 0 Å². The van der Waals surface area contributed by atoms with Gasteiger partial charge in [0.05, 0.1) is 35.6 Å². The number of amides is 2. The van der Waals surface area contributed by atoms with Gasteiger partial charge in [0.2, 0.25) is 5.91 Å². The number of carbonyl (C=O) groups excluding carboxylic acids is 2. The van der Waals surface area contributed by atoms with Crippen molar-refractivity contribution in [1.82, 2.24) is 19.5 Å². The molecule has 3 aliphatic rings. The Morgan fingerprint density at radius 3 is 2.56 bits per heavy atom. The monoisotopic (exact) mass is 555 g/mol. The van der Waals surface area contributed by atoms with Crippen molar-refractivity contribution in [3.63, 3.8) is 0 Å². The molecule has 1 spiro atoms. The lowest BCUT2D eigenvalue weighted by atomic mass is 9.76. The van der Waals surface area contributed by atoms with Crippen LogP contribution in [0.3, 0.4) is 0 Å². The van der Waals surface area contributed by atoms with Crippen molar-refractivity contribution < 1.29 is 27.8 Å². The maximum absolute atomic E-state index is 14.4. The van der Waals surface area contributed by atoms with E-state index in [1.807, 2.05) is 13.8 Å². The first-order chi connectivity index (χ1) is 18.6. The average Bonchev–Trinajstić information content (AvgIpc) is 3.82. The van der Waals surface area contributed by atoms with Crippen LogP contribution in [0.25, 0.3) is 11.3 Å². The molecule has 1 unspecified atom stereocenters. The number of fused-ring (bicyclic) bond motifs is 1. The third kappa shape index (κ3) is 4.81. The van der Waals surface area contributed by atoms with Gasteiger partial charge in [-0.25, -0.2) is 17.7 Å². The zero-order chi connectivity index (χ0) is 27.5. The molecule has 9 nitrogen and oxygen atoms in total. The molecule has 2 N–H and O–H groups in total. The predicted octanol–water partition coefficient (Wildman–Crippen LogP) is 4.69. The summed E-state index contributed by atoms with van der Waals surface area (Å²) in [5.74, 6) is -3.10. The highest BCUT2D eigenvalue weighted by Gasteiger charge is 2.58. The molecule has 1 aromatic carbocycles. The Morgan fingerprint density at radius 2 is 1.95 bits per heavy atom. The smallest absolute Gasteiger partial charge is 0.408 e. The Labute approximate surface area is 228 Å². The lowest BCUT2D eigenvalue weighted by Gasteiger charge is -2.38. The molecular formula is C27H27F2N5O4S. The first-order valence-corrected chi connectivity index (χ1v) is 13.2. The molecule has 2 saturated carbocycles. The van der Waals surface area contributed by atoms with E-state index in [2.05, 4.69) is 33.5 Å². The second-order valence-electron chi connectivity index (χ2n) is 10.5. The number of rotatable bonds is 6. The second kappa shape index (κ2) is 9.51. The fourth-order valence-electron chi connectivity index (χ4n) is 5.34. The van der Waals surface area contributed by atoms with E-state index in [0.29, 0.717) is 29.8 Å². The molecule has 0 saturated heterocycles. The van der Waals surface area contributed by atoms with E-state index in [1.54, 1.807) is 12.1 Å². The minimum Gasteiger partial charge on any atom is -0.493 e. The maximum Gasteiger partial charge on any atom is 0.408 e. The van der Waals surface area contributed by atoms with E-state index in [4.69, 9.17) is 9.47 Å². The van der Waals surface area contributed by atoms with Crippen LogP contribution in [0, 0.1) is 30.9 Å². The Bertz CT molecular complexity index is 1470. The number of thiol groups is 1. The van der Waals surface area contributed by atoms with E-state index in [9.17, 15) is 18.4 Å². The number of aryl methyl sites for hydroxylation is 1. The largest absolute Gasteiger partial charge is 0.493 e. The molecule has 3 heterocycles. The molecule has 0 radical (unpaired) electrons. The van der Waals surface area contributed by atoms with Gasteiger partial charge in [-0.3, -0.25) is 9.78 Å². The van der Waals surface area contributed by atoms with Crippen molar-refractivity contribution in [3.8, 4) is 17.0 Å². The quantitative estimate of drug-likeness (QED) is 0.381. The van der Waals surface area contributed by atoms with E-state index in [1.165, 1.54) is 10.3 Å². The Morgan fingerprint density at radius 1 is 1.21 bits per heavy atom. The predicted molar refractivity (Wildman–Crippen MR) is 141 cm³/mol. The Balaban J connectivity index is 1.30. The van der Waals surface area contributed by atoms with Crippen LogP contribution in [0.4, 0.5) is 19.3 Å². The Hall–Kier alpha value is -3.67. The number of ether oxygens (including phenoxy) is 2. The van der Waals surface area contributed by atoms with E-state index in [-0.39, 0.29) is 18.5 Å². The fraction of sp³-hybridized carbons (Fsp3) is 0.407. The first-order valence-electron chi connectivity index (χ1n) is 12.8. The van der Waals surface area contributed by atoms with Gasteiger partial charge in [0.1, 0.15) is 17.9 Å². The highest BCUT2D eigenvalue weighted by molar-refractivity contribution is 7.78. The average molecular weight is 556 g/mol. The summed E-state index contributed by atoms with van der Waals surface area (Å²) in [7, 11) is 0. The van der Waals surface area contributed by atoms with Gasteiger partial charge < -0.3 is 20.1 Å². The molecule has 3 aromatic rings. The molecule has 39 heavy (non-hydrogen) atoms. The van der Waals surface area contributed by atoms with Crippen LogP contribution in [0.15, 0.2) is 30.5 Å². The van der Waals surface area contributed by atoms with Crippen molar-refractivity contribution in [2.24, 2.45) is 5.41 Å². The lowest BCUT2D eigenvalue weighted by molar-refractivity contribution is -0.119. The number of alkyl carbamates (subject to hydrolysis) is 1. The third-order valence-corrected chi connectivity index (χ3v) is 8.09. The molecule has 2 atom stereocenters. The third-order valence-electron chi connectivity index (χ3n) is 7.70. The zero-order valence-corrected chi connectivity index (χ0v) is 22.2. The normalized spacial score (nSPS) is 19.6. The van der Waals surface area contributed by atoms with E-state index >= 15 is 0 Å². The molecule has 2 fully saturated rings. The molecular weight excluding hydrogens is 528 g/mol. The number of hydrogen-bond donors (Lipinski definition) is 3. The van der Waals surface area contributed by atoms with Crippen molar-refractivity contribution in [1.29, 1.82) is 0 Å². The number of anilines is 1. The van der Waals surface area contributed by atoms with Crippen molar-refractivity contribution in [2.45, 2.75) is 57.6 Å². The van der Waals surface area contributed by atoms with Crippen molar-refractivity contribution in [2.75, 3.05) is 11.9 Å². The minimum absolute atomic E-state index is 0.160. The summed E-state index contributed by atoms with van der Waals surface area (Å²) in [5.41, 5.74) is 3.36. The SMILES string of the molecule is Cc1nn(S)c(C)c1-c1ccc(NC(=O)[C@@H](NC(=O)OC2CC2)C2c3cc(F)c(F)cc3OCC23CC3)cn1. The summed E-state index contributed by atoms with van der Waals surface area (Å²) in [5, 5.41) is 9.84. The summed E-state index contributed by atoms with van der Waals surface area (Å²) in [6.07, 6.45) is 3.57. The molecule has 2 amide bonds. The van der Waals surface area contributed by atoms with Gasteiger partial charge in [0, 0.05) is 28.5 Å². The Kier molecular flexibility index (Phi) is 6.24. The van der Waals surface area contributed by atoms with Crippen LogP contribution in [-0.2, 0) is 9.53 Å².